The summed E-state index contributed by atoms with van der Waals surface area (Å²) in [6.45, 7) is 13.4. The van der Waals surface area contributed by atoms with E-state index in [1.807, 2.05) is 0 Å². The highest BCUT2D eigenvalue weighted by Gasteiger charge is 2.83. The van der Waals surface area contributed by atoms with E-state index in [1.165, 1.54) is 7.11 Å². The van der Waals surface area contributed by atoms with Crippen molar-refractivity contribution in [2.24, 2.45) is 16.7 Å². The van der Waals surface area contributed by atoms with Crippen LogP contribution in [0, 0.1) is 16.7 Å². The number of carbonyl (C=O) groups is 1. The maximum atomic E-state index is 13.1. The molecule has 3 saturated heterocycles. The van der Waals surface area contributed by atoms with E-state index in [-0.39, 0.29) is 22.5 Å². The molecule has 0 amide bonds. The Morgan fingerprint density at radius 2 is 1.96 bits per heavy atom. The van der Waals surface area contributed by atoms with Crippen LogP contribution < -0.4 is 0 Å². The standard InChI is InChI=1S/C20H35NO4Si/c1-18(2,3)26(6,7)25-12-19-9-8-15(23-4)20(17(22)24-5)14(19)10-13-16(20)21(13)11-19/h13-16H,8-12H2,1-7H3/t13?,14?,15?,16?,19-,20?,21?/m0/s1. The maximum absolute atomic E-state index is 13.1. The number of nitrogens with zero attached hydrogens (tertiary/aromatic N) is 1. The third-order valence-electron chi connectivity index (χ3n) is 8.63. The van der Waals surface area contributed by atoms with Crippen LogP contribution in [0.1, 0.15) is 40.0 Å². The first-order valence-electron chi connectivity index (χ1n) is 10.1. The zero-order chi connectivity index (χ0) is 19.1. The molecule has 148 valence electrons. The molecule has 5 nitrogen and oxygen atoms in total. The van der Waals surface area contributed by atoms with Crippen molar-refractivity contribution in [1.29, 1.82) is 0 Å². The molecule has 3 heterocycles. The number of ether oxygens (including phenoxy) is 2. The Morgan fingerprint density at radius 3 is 2.50 bits per heavy atom. The second-order valence-electron chi connectivity index (χ2n) is 10.6. The van der Waals surface area contributed by atoms with Gasteiger partial charge in [0.05, 0.1) is 13.2 Å². The molecule has 5 aliphatic rings. The second-order valence-corrected chi connectivity index (χ2v) is 15.4. The van der Waals surface area contributed by atoms with Gasteiger partial charge in [-0.15, -0.1) is 0 Å². The lowest BCUT2D eigenvalue weighted by Crippen LogP contribution is -2.67. The molecule has 2 saturated carbocycles. The van der Waals surface area contributed by atoms with E-state index < -0.39 is 13.7 Å². The monoisotopic (exact) mass is 381 g/mol. The summed E-state index contributed by atoms with van der Waals surface area (Å²) < 4.78 is 18.0. The molecular formula is C20H35NO4Si. The topological polar surface area (TPSA) is 47.8 Å². The third kappa shape index (κ3) is 2.16. The van der Waals surface area contributed by atoms with Crippen LogP contribution in [0.5, 0.6) is 0 Å². The number of hydrogen-bond acceptors (Lipinski definition) is 5. The van der Waals surface area contributed by atoms with E-state index in [2.05, 4.69) is 38.8 Å². The smallest absolute Gasteiger partial charge is 0.316 e. The molecule has 6 heteroatoms. The first-order valence-corrected chi connectivity index (χ1v) is 13.0. The lowest BCUT2D eigenvalue weighted by Gasteiger charge is -2.59. The van der Waals surface area contributed by atoms with Crippen molar-refractivity contribution in [3.8, 4) is 0 Å². The minimum atomic E-state index is -1.82. The molecule has 0 aromatic rings. The summed E-state index contributed by atoms with van der Waals surface area (Å²) >= 11 is 0. The van der Waals surface area contributed by atoms with Gasteiger partial charge < -0.3 is 13.9 Å². The van der Waals surface area contributed by atoms with Crippen LogP contribution in [0.4, 0.5) is 0 Å². The van der Waals surface area contributed by atoms with Gasteiger partial charge in [0.25, 0.3) is 0 Å². The molecule has 2 aliphatic carbocycles. The van der Waals surface area contributed by atoms with Gasteiger partial charge in [-0.3, -0.25) is 9.69 Å². The Bertz CT molecular complexity index is 617. The highest BCUT2D eigenvalue weighted by Crippen LogP contribution is 2.73. The van der Waals surface area contributed by atoms with Crippen LogP contribution in [-0.2, 0) is 18.7 Å². The summed E-state index contributed by atoms with van der Waals surface area (Å²) in [5.74, 6) is 0.270. The predicted octanol–water partition coefficient (Wildman–Crippen LogP) is 3.05. The summed E-state index contributed by atoms with van der Waals surface area (Å²) in [7, 11) is 1.47. The van der Waals surface area contributed by atoms with Gasteiger partial charge in [-0.2, -0.15) is 0 Å². The van der Waals surface area contributed by atoms with Crippen LogP contribution >= 0.6 is 0 Å². The molecule has 0 aromatic carbocycles. The number of rotatable bonds is 5. The van der Waals surface area contributed by atoms with E-state index >= 15 is 0 Å². The number of piperidine rings is 3. The van der Waals surface area contributed by atoms with Crippen LogP contribution in [0.15, 0.2) is 0 Å². The zero-order valence-electron chi connectivity index (χ0n) is 17.4. The first kappa shape index (κ1) is 18.9. The van der Waals surface area contributed by atoms with Gasteiger partial charge in [0.15, 0.2) is 8.32 Å². The molecule has 26 heavy (non-hydrogen) atoms. The third-order valence-corrected chi connectivity index (χ3v) is 13.1. The van der Waals surface area contributed by atoms with Crippen molar-refractivity contribution in [1.82, 2.24) is 4.90 Å². The average molecular weight is 382 g/mol. The van der Waals surface area contributed by atoms with Gasteiger partial charge in [0.2, 0.25) is 0 Å². The summed E-state index contributed by atoms with van der Waals surface area (Å²) in [6.07, 6.45) is 3.08. The molecule has 6 bridgehead atoms. The summed E-state index contributed by atoms with van der Waals surface area (Å²) in [5, 5.41) is 0.200. The molecule has 0 aromatic heterocycles. The Kier molecular flexibility index (Phi) is 4.04. The predicted molar refractivity (Wildman–Crippen MR) is 102 cm³/mol. The fourth-order valence-corrected chi connectivity index (χ4v) is 7.33. The number of hydrogen-bond donors (Lipinski definition) is 0. The molecule has 3 aliphatic heterocycles. The van der Waals surface area contributed by atoms with Crippen molar-refractivity contribution in [2.45, 2.75) is 76.4 Å². The van der Waals surface area contributed by atoms with E-state index in [9.17, 15) is 4.79 Å². The van der Waals surface area contributed by atoms with E-state index in [1.54, 1.807) is 7.11 Å². The van der Waals surface area contributed by atoms with Crippen LogP contribution in [0.2, 0.25) is 18.1 Å². The first-order chi connectivity index (χ1) is 12.0. The average Bonchev–Trinajstić information content (AvgIpc) is 3.15. The van der Waals surface area contributed by atoms with Gasteiger partial charge in [0, 0.05) is 37.8 Å². The Hall–Kier alpha value is -0.433. The van der Waals surface area contributed by atoms with Crippen molar-refractivity contribution in [3.05, 3.63) is 0 Å². The van der Waals surface area contributed by atoms with Crippen molar-refractivity contribution in [2.75, 3.05) is 27.4 Å². The maximum Gasteiger partial charge on any atom is 0.316 e. The quantitative estimate of drug-likeness (QED) is 0.416. The Morgan fingerprint density at radius 1 is 1.27 bits per heavy atom. The Labute approximate surface area is 158 Å². The van der Waals surface area contributed by atoms with E-state index in [4.69, 9.17) is 13.9 Å². The Balaban J connectivity index is 1.66. The summed E-state index contributed by atoms with van der Waals surface area (Å²) in [5.41, 5.74) is -0.413. The summed E-state index contributed by atoms with van der Waals surface area (Å²) in [4.78, 5) is 15.6. The lowest BCUT2D eigenvalue weighted by atomic mass is 9.51. The zero-order valence-corrected chi connectivity index (χ0v) is 18.4. The van der Waals surface area contributed by atoms with Crippen LogP contribution in [0.3, 0.4) is 0 Å². The number of methoxy groups -OCH3 is 2. The highest BCUT2D eigenvalue weighted by molar-refractivity contribution is 6.74. The second kappa shape index (κ2) is 5.55. The van der Waals surface area contributed by atoms with Gasteiger partial charge in [0.1, 0.15) is 5.41 Å². The summed E-state index contributed by atoms with van der Waals surface area (Å²) in [6, 6.07) is 0.877. The molecule has 0 spiro atoms. The van der Waals surface area contributed by atoms with E-state index in [0.717, 1.165) is 32.4 Å². The lowest BCUT2D eigenvalue weighted by molar-refractivity contribution is -0.204. The normalized spacial score (nSPS) is 46.2. The molecule has 7 atom stereocenters. The van der Waals surface area contributed by atoms with Gasteiger partial charge in [-0.05, 0) is 43.3 Å². The molecule has 5 fully saturated rings. The number of esters is 1. The SMILES string of the molecule is COC(=O)C12C(OC)CC[C@@]3(CO[Si](C)(C)C(C)(C)C)CN4C(CC13)C42. The molecule has 6 unspecified atom stereocenters. The van der Waals surface area contributed by atoms with Gasteiger partial charge >= 0.3 is 5.97 Å². The molecule has 0 N–H and O–H groups in total. The van der Waals surface area contributed by atoms with E-state index in [0.29, 0.717) is 18.0 Å². The van der Waals surface area contributed by atoms with Crippen molar-refractivity contribution < 1.29 is 18.7 Å². The van der Waals surface area contributed by atoms with Gasteiger partial charge in [-0.25, -0.2) is 0 Å². The van der Waals surface area contributed by atoms with Gasteiger partial charge in [-0.1, -0.05) is 20.8 Å². The van der Waals surface area contributed by atoms with Crippen molar-refractivity contribution in [3.63, 3.8) is 0 Å². The van der Waals surface area contributed by atoms with Crippen LogP contribution in [-0.4, -0.2) is 64.7 Å². The molecule has 5 rings (SSSR count). The fraction of sp³-hybridized carbons (Fsp3) is 0.950. The van der Waals surface area contributed by atoms with Crippen LogP contribution in [0.25, 0.3) is 0 Å². The van der Waals surface area contributed by atoms with Crippen molar-refractivity contribution >= 4 is 14.3 Å². The minimum Gasteiger partial charge on any atom is -0.468 e. The number of carbonyl (C=O) groups excluding carboxylic acids is 1. The fourth-order valence-electron chi connectivity index (χ4n) is 6.25. The largest absolute Gasteiger partial charge is 0.468 e. The highest BCUT2D eigenvalue weighted by atomic mass is 28.4. The minimum absolute atomic E-state index is 0.0266. The molecular weight excluding hydrogens is 346 g/mol. The molecule has 0 radical (unpaired) electrons.